The molecule has 0 aliphatic heterocycles. The maximum Gasteiger partial charge on any atom is 0.305 e. The van der Waals surface area contributed by atoms with E-state index in [2.05, 4.69) is 31.0 Å². The average molecular weight is 433 g/mol. The van der Waals surface area contributed by atoms with Crippen molar-refractivity contribution in [2.24, 2.45) is 0 Å². The minimum atomic E-state index is -0.169. The standard InChI is InChI=1S/C21H25BrN2O3/c1-15-18(11-12-19(24-15)16-8-7-9-17(22)14-16)21(26)23-13-6-4-3-5-10-20(25)27-2/h7-9,11-12,14H,3-6,10,13H2,1-2H3,(H,23,26). The van der Waals surface area contributed by atoms with E-state index in [9.17, 15) is 9.59 Å². The molecule has 0 bridgehead atoms. The van der Waals surface area contributed by atoms with Gasteiger partial charge in [0.2, 0.25) is 0 Å². The summed E-state index contributed by atoms with van der Waals surface area (Å²) in [6.07, 6.45) is 4.08. The van der Waals surface area contributed by atoms with Crippen LogP contribution in [0.2, 0.25) is 0 Å². The van der Waals surface area contributed by atoms with Gasteiger partial charge in [-0.1, -0.05) is 40.9 Å². The fraction of sp³-hybridized carbons (Fsp3) is 0.381. The van der Waals surface area contributed by atoms with Gasteiger partial charge in [-0.25, -0.2) is 0 Å². The third kappa shape index (κ3) is 6.79. The first-order valence-electron chi connectivity index (χ1n) is 9.10. The first-order valence-corrected chi connectivity index (χ1v) is 9.89. The summed E-state index contributed by atoms with van der Waals surface area (Å²) in [5.41, 5.74) is 3.16. The van der Waals surface area contributed by atoms with Gasteiger partial charge in [-0.15, -0.1) is 0 Å². The molecular weight excluding hydrogens is 408 g/mol. The predicted molar refractivity (Wildman–Crippen MR) is 110 cm³/mol. The van der Waals surface area contributed by atoms with Crippen LogP contribution in [0.4, 0.5) is 0 Å². The van der Waals surface area contributed by atoms with Crippen LogP contribution in [-0.4, -0.2) is 30.5 Å². The molecule has 0 spiro atoms. The van der Waals surface area contributed by atoms with Gasteiger partial charge in [0.1, 0.15) is 0 Å². The van der Waals surface area contributed by atoms with Gasteiger partial charge in [0.15, 0.2) is 0 Å². The van der Waals surface area contributed by atoms with E-state index >= 15 is 0 Å². The van der Waals surface area contributed by atoms with Crippen molar-refractivity contribution in [1.29, 1.82) is 0 Å². The van der Waals surface area contributed by atoms with Gasteiger partial charge in [0, 0.05) is 23.0 Å². The summed E-state index contributed by atoms with van der Waals surface area (Å²) in [5.74, 6) is -0.270. The Bertz CT molecular complexity index is 793. The number of esters is 1. The van der Waals surface area contributed by atoms with Crippen LogP contribution < -0.4 is 5.32 Å². The monoisotopic (exact) mass is 432 g/mol. The molecule has 1 aromatic heterocycles. The van der Waals surface area contributed by atoms with Crippen molar-refractivity contribution in [3.05, 3.63) is 52.1 Å². The molecule has 6 heteroatoms. The van der Waals surface area contributed by atoms with Crippen LogP contribution in [0.1, 0.15) is 48.2 Å². The molecule has 0 aliphatic carbocycles. The number of carbonyl (C=O) groups excluding carboxylic acids is 2. The highest BCUT2D eigenvalue weighted by atomic mass is 79.9. The number of unbranched alkanes of at least 4 members (excludes halogenated alkanes) is 3. The number of benzene rings is 1. The number of aryl methyl sites for hydroxylation is 1. The molecule has 5 nitrogen and oxygen atoms in total. The molecule has 0 unspecified atom stereocenters. The SMILES string of the molecule is COC(=O)CCCCCCNC(=O)c1ccc(-c2cccc(Br)c2)nc1C. The van der Waals surface area contributed by atoms with E-state index in [-0.39, 0.29) is 11.9 Å². The Hall–Kier alpha value is -2.21. The highest BCUT2D eigenvalue weighted by Gasteiger charge is 2.11. The van der Waals surface area contributed by atoms with Crippen LogP contribution in [0.25, 0.3) is 11.3 Å². The quantitative estimate of drug-likeness (QED) is 0.461. The van der Waals surface area contributed by atoms with Crippen LogP contribution in [0, 0.1) is 6.92 Å². The van der Waals surface area contributed by atoms with Crippen molar-refractivity contribution in [1.82, 2.24) is 10.3 Å². The normalized spacial score (nSPS) is 10.5. The Kier molecular flexibility index (Phi) is 8.45. The lowest BCUT2D eigenvalue weighted by molar-refractivity contribution is -0.140. The van der Waals surface area contributed by atoms with E-state index in [0.717, 1.165) is 41.4 Å². The number of nitrogens with one attached hydrogen (secondary N) is 1. The minimum Gasteiger partial charge on any atom is -0.469 e. The molecule has 0 saturated heterocycles. The van der Waals surface area contributed by atoms with Crippen LogP contribution in [0.3, 0.4) is 0 Å². The smallest absolute Gasteiger partial charge is 0.305 e. The van der Waals surface area contributed by atoms with E-state index in [4.69, 9.17) is 0 Å². The largest absolute Gasteiger partial charge is 0.469 e. The number of aromatic nitrogens is 1. The Labute approximate surface area is 168 Å². The van der Waals surface area contributed by atoms with Gasteiger partial charge in [-0.2, -0.15) is 0 Å². The number of halogens is 1. The molecule has 0 aliphatic rings. The molecule has 1 aromatic carbocycles. The third-order valence-electron chi connectivity index (χ3n) is 4.27. The molecule has 0 atom stereocenters. The zero-order valence-electron chi connectivity index (χ0n) is 15.8. The third-order valence-corrected chi connectivity index (χ3v) is 4.76. The Balaban J connectivity index is 1.80. The number of carbonyl (C=O) groups is 2. The summed E-state index contributed by atoms with van der Waals surface area (Å²) in [6.45, 7) is 2.47. The number of hydrogen-bond donors (Lipinski definition) is 1. The fourth-order valence-electron chi connectivity index (χ4n) is 2.76. The van der Waals surface area contributed by atoms with Crippen LogP contribution >= 0.6 is 15.9 Å². The van der Waals surface area contributed by atoms with Gasteiger partial charge in [-0.05, 0) is 44.0 Å². The number of pyridine rings is 1. The van der Waals surface area contributed by atoms with Crippen LogP contribution in [0.15, 0.2) is 40.9 Å². The molecule has 1 N–H and O–H groups in total. The Morgan fingerprint density at radius 1 is 1.11 bits per heavy atom. The highest BCUT2D eigenvalue weighted by Crippen LogP contribution is 2.22. The zero-order valence-corrected chi connectivity index (χ0v) is 17.3. The van der Waals surface area contributed by atoms with Crippen molar-refractivity contribution in [2.45, 2.75) is 39.0 Å². The summed E-state index contributed by atoms with van der Waals surface area (Å²) in [5, 5.41) is 2.94. The molecule has 2 rings (SSSR count). The first kappa shape index (κ1) is 21.1. The van der Waals surface area contributed by atoms with E-state index < -0.39 is 0 Å². The molecule has 1 amide bonds. The van der Waals surface area contributed by atoms with Gasteiger partial charge in [0.25, 0.3) is 5.91 Å². The second-order valence-corrected chi connectivity index (χ2v) is 7.25. The summed E-state index contributed by atoms with van der Waals surface area (Å²) in [4.78, 5) is 28.0. The lowest BCUT2D eigenvalue weighted by Crippen LogP contribution is -2.25. The van der Waals surface area contributed by atoms with Crippen molar-refractivity contribution in [3.63, 3.8) is 0 Å². The van der Waals surface area contributed by atoms with Crippen molar-refractivity contribution < 1.29 is 14.3 Å². The van der Waals surface area contributed by atoms with Gasteiger partial charge in [-0.3, -0.25) is 14.6 Å². The molecule has 144 valence electrons. The number of rotatable bonds is 9. The second-order valence-electron chi connectivity index (χ2n) is 6.34. The number of amides is 1. The second kappa shape index (κ2) is 10.8. The zero-order chi connectivity index (χ0) is 19.6. The van der Waals surface area contributed by atoms with Crippen molar-refractivity contribution in [3.8, 4) is 11.3 Å². The molecule has 0 fully saturated rings. The molecule has 0 radical (unpaired) electrons. The Morgan fingerprint density at radius 3 is 2.59 bits per heavy atom. The molecule has 27 heavy (non-hydrogen) atoms. The van der Waals surface area contributed by atoms with E-state index in [0.29, 0.717) is 24.2 Å². The van der Waals surface area contributed by atoms with Crippen molar-refractivity contribution in [2.75, 3.05) is 13.7 Å². The van der Waals surface area contributed by atoms with Crippen LogP contribution in [0.5, 0.6) is 0 Å². The van der Waals surface area contributed by atoms with Gasteiger partial charge >= 0.3 is 5.97 Å². The lowest BCUT2D eigenvalue weighted by atomic mass is 10.1. The lowest BCUT2D eigenvalue weighted by Gasteiger charge is -2.09. The van der Waals surface area contributed by atoms with Gasteiger partial charge < -0.3 is 10.1 Å². The summed E-state index contributed by atoms with van der Waals surface area (Å²) >= 11 is 3.46. The Morgan fingerprint density at radius 2 is 1.89 bits per heavy atom. The van der Waals surface area contributed by atoms with E-state index in [1.165, 1.54) is 7.11 Å². The van der Waals surface area contributed by atoms with E-state index in [1.807, 2.05) is 43.3 Å². The minimum absolute atomic E-state index is 0.102. The summed E-state index contributed by atoms with van der Waals surface area (Å²) < 4.78 is 5.60. The molecule has 1 heterocycles. The topological polar surface area (TPSA) is 68.3 Å². The number of methoxy groups -OCH3 is 1. The number of nitrogens with zero attached hydrogens (tertiary/aromatic N) is 1. The molecule has 0 saturated carbocycles. The number of hydrogen-bond acceptors (Lipinski definition) is 4. The van der Waals surface area contributed by atoms with Crippen molar-refractivity contribution >= 4 is 27.8 Å². The predicted octanol–water partition coefficient (Wildman–Crippen LogP) is 4.67. The van der Waals surface area contributed by atoms with E-state index in [1.54, 1.807) is 0 Å². The molecular formula is C21H25BrN2O3. The highest BCUT2D eigenvalue weighted by molar-refractivity contribution is 9.10. The number of ether oxygens (including phenoxy) is 1. The average Bonchev–Trinajstić information content (AvgIpc) is 2.66. The maximum absolute atomic E-state index is 12.4. The van der Waals surface area contributed by atoms with Crippen LogP contribution in [-0.2, 0) is 9.53 Å². The molecule has 2 aromatic rings. The fourth-order valence-corrected chi connectivity index (χ4v) is 3.16. The van der Waals surface area contributed by atoms with Gasteiger partial charge in [0.05, 0.1) is 24.1 Å². The summed E-state index contributed by atoms with van der Waals surface area (Å²) in [7, 11) is 1.40. The summed E-state index contributed by atoms with van der Waals surface area (Å²) in [6, 6.07) is 11.6. The first-order chi connectivity index (χ1) is 13.0. The maximum atomic E-state index is 12.4.